The number of hydrogen-bond acceptors (Lipinski definition) is 0. The van der Waals surface area contributed by atoms with Gasteiger partial charge < -0.3 is 0 Å². The Balaban J connectivity index is 1.75. The molecule has 0 spiro atoms. The Labute approximate surface area is 133 Å². The molecule has 0 N–H and O–H groups in total. The highest BCUT2D eigenvalue weighted by Gasteiger charge is 2.30. The fourth-order valence-corrected chi connectivity index (χ4v) is 3.86. The fourth-order valence-electron chi connectivity index (χ4n) is 3.86. The van der Waals surface area contributed by atoms with E-state index in [0.29, 0.717) is 17.8 Å². The van der Waals surface area contributed by atoms with Crippen LogP contribution in [-0.4, -0.2) is 0 Å². The van der Waals surface area contributed by atoms with E-state index in [1.807, 2.05) is 0 Å². The number of benzene rings is 1. The standard InChI is InChI=1S/C22H22/c1-15-7-9-18(10-8-15)19-13-14-22-20(16(19)2)12-11-17-5-3-4-6-21(17)22/h3-7,9-16,20H,8H2,1-2H3. The van der Waals surface area contributed by atoms with Crippen molar-refractivity contribution in [2.75, 3.05) is 0 Å². The predicted octanol–water partition coefficient (Wildman–Crippen LogP) is 5.81. The molecular weight excluding hydrogens is 264 g/mol. The molecule has 3 atom stereocenters. The van der Waals surface area contributed by atoms with Crippen LogP contribution in [-0.2, 0) is 0 Å². The Kier molecular flexibility index (Phi) is 3.26. The third-order valence-corrected chi connectivity index (χ3v) is 5.23. The highest BCUT2D eigenvalue weighted by molar-refractivity contribution is 5.83. The largest absolute Gasteiger partial charge is 0.0808 e. The Morgan fingerprint density at radius 3 is 2.55 bits per heavy atom. The summed E-state index contributed by atoms with van der Waals surface area (Å²) >= 11 is 0. The van der Waals surface area contributed by atoms with Gasteiger partial charge in [0.1, 0.15) is 0 Å². The molecule has 0 fully saturated rings. The van der Waals surface area contributed by atoms with E-state index in [1.165, 1.54) is 27.8 Å². The SMILES string of the molecule is CC1C=CC(C2=CC=C3c4ccccc4C=CC3C2C)=CC1. The first kappa shape index (κ1) is 13.6. The van der Waals surface area contributed by atoms with Gasteiger partial charge in [-0.3, -0.25) is 0 Å². The number of fused-ring (bicyclic) bond motifs is 3. The highest BCUT2D eigenvalue weighted by Crippen LogP contribution is 2.44. The van der Waals surface area contributed by atoms with E-state index in [4.69, 9.17) is 0 Å². The Bertz CT molecular complexity index is 752. The molecule has 0 heteroatoms. The molecule has 0 radical (unpaired) electrons. The van der Waals surface area contributed by atoms with Gasteiger partial charge in [0, 0.05) is 5.92 Å². The summed E-state index contributed by atoms with van der Waals surface area (Å²) in [6.45, 7) is 4.65. The van der Waals surface area contributed by atoms with E-state index in [2.05, 4.69) is 80.6 Å². The summed E-state index contributed by atoms with van der Waals surface area (Å²) in [7, 11) is 0. The molecule has 0 aromatic heterocycles. The van der Waals surface area contributed by atoms with Gasteiger partial charge in [0.25, 0.3) is 0 Å². The molecule has 0 amide bonds. The Morgan fingerprint density at radius 1 is 0.909 bits per heavy atom. The van der Waals surface area contributed by atoms with Gasteiger partial charge in [0.15, 0.2) is 0 Å². The van der Waals surface area contributed by atoms with Crippen molar-refractivity contribution in [3.05, 3.63) is 83.0 Å². The Morgan fingerprint density at radius 2 is 1.73 bits per heavy atom. The van der Waals surface area contributed by atoms with Crippen LogP contribution in [0.15, 0.2) is 71.9 Å². The topological polar surface area (TPSA) is 0 Å². The van der Waals surface area contributed by atoms with Crippen LogP contribution in [0.1, 0.15) is 31.4 Å². The van der Waals surface area contributed by atoms with Crippen molar-refractivity contribution >= 4 is 11.6 Å². The minimum atomic E-state index is 0.503. The highest BCUT2D eigenvalue weighted by atomic mass is 14.3. The first-order valence-electron chi connectivity index (χ1n) is 8.32. The van der Waals surface area contributed by atoms with Gasteiger partial charge in [-0.15, -0.1) is 0 Å². The van der Waals surface area contributed by atoms with E-state index in [0.717, 1.165) is 6.42 Å². The smallest absolute Gasteiger partial charge is 0.00937 e. The quantitative estimate of drug-likeness (QED) is 0.611. The summed E-state index contributed by atoms with van der Waals surface area (Å²) in [5, 5.41) is 0. The summed E-state index contributed by atoms with van der Waals surface area (Å²) in [5.74, 6) is 1.72. The molecule has 0 saturated carbocycles. The Hall–Kier alpha value is -2.08. The molecule has 4 rings (SSSR count). The van der Waals surface area contributed by atoms with Crippen molar-refractivity contribution in [1.29, 1.82) is 0 Å². The number of allylic oxidation sites excluding steroid dienone is 9. The molecule has 3 aliphatic carbocycles. The van der Waals surface area contributed by atoms with Crippen molar-refractivity contribution in [2.45, 2.75) is 20.3 Å². The van der Waals surface area contributed by atoms with Crippen LogP contribution in [0, 0.1) is 17.8 Å². The zero-order valence-electron chi connectivity index (χ0n) is 13.3. The van der Waals surface area contributed by atoms with Gasteiger partial charge in [-0.05, 0) is 46.1 Å². The molecule has 3 aliphatic rings. The molecule has 1 aromatic rings. The minimum Gasteiger partial charge on any atom is -0.0808 e. The van der Waals surface area contributed by atoms with Crippen LogP contribution in [0.3, 0.4) is 0 Å². The van der Waals surface area contributed by atoms with Crippen LogP contribution in [0.4, 0.5) is 0 Å². The van der Waals surface area contributed by atoms with Crippen molar-refractivity contribution in [3.63, 3.8) is 0 Å². The fraction of sp³-hybridized carbons (Fsp3) is 0.273. The molecule has 0 heterocycles. The molecule has 1 aromatic carbocycles. The molecule has 0 bridgehead atoms. The minimum absolute atomic E-state index is 0.503. The molecule has 3 unspecified atom stereocenters. The lowest BCUT2D eigenvalue weighted by Crippen LogP contribution is -2.20. The second kappa shape index (κ2) is 5.28. The van der Waals surface area contributed by atoms with Gasteiger partial charge in [0.05, 0.1) is 0 Å². The summed E-state index contributed by atoms with van der Waals surface area (Å²) < 4.78 is 0. The van der Waals surface area contributed by atoms with Crippen molar-refractivity contribution in [1.82, 2.24) is 0 Å². The molecule has 0 saturated heterocycles. The third-order valence-electron chi connectivity index (χ3n) is 5.23. The van der Waals surface area contributed by atoms with Crippen LogP contribution in [0.25, 0.3) is 11.6 Å². The second-order valence-electron chi connectivity index (χ2n) is 6.74. The van der Waals surface area contributed by atoms with Crippen LogP contribution >= 0.6 is 0 Å². The normalized spacial score (nSPS) is 29.2. The van der Waals surface area contributed by atoms with Crippen LogP contribution < -0.4 is 0 Å². The van der Waals surface area contributed by atoms with E-state index < -0.39 is 0 Å². The van der Waals surface area contributed by atoms with Gasteiger partial charge in [-0.2, -0.15) is 0 Å². The summed E-state index contributed by atoms with van der Waals surface area (Å²) in [6, 6.07) is 8.73. The van der Waals surface area contributed by atoms with Crippen molar-refractivity contribution < 1.29 is 0 Å². The van der Waals surface area contributed by atoms with E-state index in [-0.39, 0.29) is 0 Å². The molecular formula is C22H22. The zero-order chi connectivity index (χ0) is 15.1. The maximum atomic E-state index is 2.41. The van der Waals surface area contributed by atoms with Gasteiger partial charge in [0.2, 0.25) is 0 Å². The van der Waals surface area contributed by atoms with Crippen LogP contribution in [0.5, 0.6) is 0 Å². The van der Waals surface area contributed by atoms with E-state index in [1.54, 1.807) is 0 Å². The molecule has 22 heavy (non-hydrogen) atoms. The average Bonchev–Trinajstić information content (AvgIpc) is 2.56. The van der Waals surface area contributed by atoms with E-state index in [9.17, 15) is 0 Å². The van der Waals surface area contributed by atoms with Crippen molar-refractivity contribution in [3.8, 4) is 0 Å². The summed E-state index contributed by atoms with van der Waals surface area (Å²) in [6.07, 6.45) is 17.6. The number of hydrogen-bond donors (Lipinski definition) is 0. The maximum Gasteiger partial charge on any atom is 0.00937 e. The lowest BCUT2D eigenvalue weighted by molar-refractivity contribution is 0.589. The van der Waals surface area contributed by atoms with Gasteiger partial charge >= 0.3 is 0 Å². The second-order valence-corrected chi connectivity index (χ2v) is 6.74. The molecule has 0 nitrogen and oxygen atoms in total. The summed E-state index contributed by atoms with van der Waals surface area (Å²) in [5.41, 5.74) is 7.13. The molecule has 0 aliphatic heterocycles. The van der Waals surface area contributed by atoms with Gasteiger partial charge in [-0.1, -0.05) is 80.6 Å². The van der Waals surface area contributed by atoms with Crippen LogP contribution in [0.2, 0.25) is 0 Å². The zero-order valence-corrected chi connectivity index (χ0v) is 13.3. The van der Waals surface area contributed by atoms with Crippen molar-refractivity contribution in [2.24, 2.45) is 17.8 Å². The maximum absolute atomic E-state index is 2.41. The van der Waals surface area contributed by atoms with Gasteiger partial charge in [-0.25, -0.2) is 0 Å². The lowest BCUT2D eigenvalue weighted by atomic mass is 9.70. The lowest BCUT2D eigenvalue weighted by Gasteiger charge is -2.33. The summed E-state index contributed by atoms with van der Waals surface area (Å²) in [4.78, 5) is 0. The predicted molar refractivity (Wildman–Crippen MR) is 95.2 cm³/mol. The molecule has 110 valence electrons. The monoisotopic (exact) mass is 286 g/mol. The first-order valence-corrected chi connectivity index (χ1v) is 8.32. The number of rotatable bonds is 1. The van der Waals surface area contributed by atoms with E-state index >= 15 is 0 Å². The average molecular weight is 286 g/mol. The third kappa shape index (κ3) is 2.14. The first-order chi connectivity index (χ1) is 10.7.